The largest absolute Gasteiger partial charge is 0.465 e. The standard InChI is InChI=1S/C9H7IN2O2/c1-14-9(13)7-3-6(10)2-5-4-11-12-8(5)7/h2-4H,1H3,(H,11,12). The van der Waals surface area contributed by atoms with Crippen molar-refractivity contribution in [1.29, 1.82) is 0 Å². The molecular formula is C9H7IN2O2. The van der Waals surface area contributed by atoms with Crippen molar-refractivity contribution in [3.8, 4) is 0 Å². The van der Waals surface area contributed by atoms with E-state index in [1.165, 1.54) is 7.11 Å². The number of fused-ring (bicyclic) bond motifs is 1. The van der Waals surface area contributed by atoms with Crippen LogP contribution in [0.1, 0.15) is 10.4 Å². The maximum absolute atomic E-state index is 11.4. The van der Waals surface area contributed by atoms with E-state index < -0.39 is 0 Å². The number of esters is 1. The molecule has 2 aromatic rings. The first-order valence-corrected chi connectivity index (χ1v) is 5.01. The summed E-state index contributed by atoms with van der Waals surface area (Å²) in [4.78, 5) is 11.4. The molecular weight excluding hydrogens is 295 g/mol. The van der Waals surface area contributed by atoms with Crippen molar-refractivity contribution in [3.63, 3.8) is 0 Å². The highest BCUT2D eigenvalue weighted by atomic mass is 127. The molecule has 0 atom stereocenters. The Balaban J connectivity index is 2.72. The lowest BCUT2D eigenvalue weighted by molar-refractivity contribution is 0.0602. The maximum Gasteiger partial charge on any atom is 0.340 e. The topological polar surface area (TPSA) is 55.0 Å². The minimum Gasteiger partial charge on any atom is -0.465 e. The van der Waals surface area contributed by atoms with Gasteiger partial charge in [0.25, 0.3) is 0 Å². The van der Waals surface area contributed by atoms with Crippen LogP contribution in [0.3, 0.4) is 0 Å². The minimum atomic E-state index is -0.349. The molecule has 4 nitrogen and oxygen atoms in total. The second kappa shape index (κ2) is 3.56. The lowest BCUT2D eigenvalue weighted by Gasteiger charge is -2.01. The summed E-state index contributed by atoms with van der Waals surface area (Å²) >= 11 is 2.15. The fourth-order valence-corrected chi connectivity index (χ4v) is 1.94. The number of carbonyl (C=O) groups excluding carboxylic acids is 1. The molecule has 0 aliphatic rings. The second-order valence-electron chi connectivity index (χ2n) is 2.78. The molecule has 14 heavy (non-hydrogen) atoms. The minimum absolute atomic E-state index is 0.349. The maximum atomic E-state index is 11.4. The molecule has 0 bridgehead atoms. The summed E-state index contributed by atoms with van der Waals surface area (Å²) in [5.41, 5.74) is 1.24. The van der Waals surface area contributed by atoms with Gasteiger partial charge in [0.05, 0.1) is 24.4 Å². The number of methoxy groups -OCH3 is 1. The molecule has 1 N–H and O–H groups in total. The molecule has 0 amide bonds. The highest BCUT2D eigenvalue weighted by molar-refractivity contribution is 14.1. The lowest BCUT2D eigenvalue weighted by Crippen LogP contribution is -2.02. The van der Waals surface area contributed by atoms with Gasteiger partial charge in [0.1, 0.15) is 0 Å². The lowest BCUT2D eigenvalue weighted by atomic mass is 10.1. The first-order valence-electron chi connectivity index (χ1n) is 3.93. The summed E-state index contributed by atoms with van der Waals surface area (Å²) in [7, 11) is 1.37. The third kappa shape index (κ3) is 1.47. The number of rotatable bonds is 1. The highest BCUT2D eigenvalue weighted by Crippen LogP contribution is 2.20. The third-order valence-corrected chi connectivity index (χ3v) is 2.54. The second-order valence-corrected chi connectivity index (χ2v) is 4.02. The monoisotopic (exact) mass is 302 g/mol. The van der Waals surface area contributed by atoms with Gasteiger partial charge in [-0.15, -0.1) is 0 Å². The molecule has 1 heterocycles. The Morgan fingerprint density at radius 3 is 3.07 bits per heavy atom. The third-order valence-electron chi connectivity index (χ3n) is 1.92. The number of nitrogens with zero attached hydrogens (tertiary/aromatic N) is 1. The van der Waals surface area contributed by atoms with E-state index in [1.54, 1.807) is 12.3 Å². The zero-order valence-electron chi connectivity index (χ0n) is 7.37. The summed E-state index contributed by atoms with van der Waals surface area (Å²) in [6.07, 6.45) is 1.68. The Morgan fingerprint density at radius 2 is 2.36 bits per heavy atom. The van der Waals surface area contributed by atoms with Crippen LogP contribution in [0.15, 0.2) is 18.3 Å². The van der Waals surface area contributed by atoms with Crippen LogP contribution in [-0.2, 0) is 4.74 Å². The first-order chi connectivity index (χ1) is 6.72. The van der Waals surface area contributed by atoms with Gasteiger partial charge in [-0.1, -0.05) is 0 Å². The Hall–Kier alpha value is -1.11. The van der Waals surface area contributed by atoms with Crippen molar-refractivity contribution in [3.05, 3.63) is 27.5 Å². The van der Waals surface area contributed by atoms with Crippen LogP contribution in [0.5, 0.6) is 0 Å². The number of nitrogens with one attached hydrogen (secondary N) is 1. The fraction of sp³-hybridized carbons (Fsp3) is 0.111. The molecule has 0 spiro atoms. The molecule has 5 heteroatoms. The molecule has 0 radical (unpaired) electrons. The van der Waals surface area contributed by atoms with Crippen LogP contribution in [0, 0.1) is 3.57 Å². The fourth-order valence-electron chi connectivity index (χ4n) is 1.29. The van der Waals surface area contributed by atoms with E-state index in [0.29, 0.717) is 5.56 Å². The summed E-state index contributed by atoms with van der Waals surface area (Å²) in [5.74, 6) is -0.349. The number of hydrogen-bond acceptors (Lipinski definition) is 3. The zero-order chi connectivity index (χ0) is 10.1. The van der Waals surface area contributed by atoms with E-state index in [9.17, 15) is 4.79 Å². The van der Waals surface area contributed by atoms with Gasteiger partial charge in [0, 0.05) is 8.96 Å². The van der Waals surface area contributed by atoms with Crippen LogP contribution in [-0.4, -0.2) is 23.3 Å². The average molecular weight is 302 g/mol. The van der Waals surface area contributed by atoms with Crippen molar-refractivity contribution in [1.82, 2.24) is 10.2 Å². The molecule has 0 aliphatic carbocycles. The van der Waals surface area contributed by atoms with E-state index in [-0.39, 0.29) is 5.97 Å². The molecule has 0 aliphatic heterocycles. The van der Waals surface area contributed by atoms with Crippen LogP contribution in [0.25, 0.3) is 10.9 Å². The van der Waals surface area contributed by atoms with Crippen molar-refractivity contribution < 1.29 is 9.53 Å². The van der Waals surface area contributed by atoms with Gasteiger partial charge in [0.15, 0.2) is 0 Å². The number of benzene rings is 1. The summed E-state index contributed by atoms with van der Waals surface area (Å²) < 4.78 is 5.66. The molecule has 72 valence electrons. The highest BCUT2D eigenvalue weighted by Gasteiger charge is 2.12. The van der Waals surface area contributed by atoms with E-state index >= 15 is 0 Å². The number of hydrogen-bond donors (Lipinski definition) is 1. The molecule has 0 saturated heterocycles. The first kappa shape index (κ1) is 9.45. The number of halogens is 1. The smallest absolute Gasteiger partial charge is 0.340 e. The van der Waals surface area contributed by atoms with Gasteiger partial charge >= 0.3 is 5.97 Å². The van der Waals surface area contributed by atoms with Crippen LogP contribution >= 0.6 is 22.6 Å². The molecule has 2 rings (SSSR count). The van der Waals surface area contributed by atoms with Crippen molar-refractivity contribution in [2.45, 2.75) is 0 Å². The Morgan fingerprint density at radius 1 is 1.57 bits per heavy atom. The average Bonchev–Trinajstić information content (AvgIpc) is 2.62. The van der Waals surface area contributed by atoms with Crippen LogP contribution < -0.4 is 0 Å². The van der Waals surface area contributed by atoms with E-state index in [0.717, 1.165) is 14.5 Å². The zero-order valence-corrected chi connectivity index (χ0v) is 9.53. The molecule has 0 fully saturated rings. The predicted molar refractivity (Wildman–Crippen MR) is 60.2 cm³/mol. The molecule has 1 aromatic carbocycles. The normalized spacial score (nSPS) is 10.4. The Kier molecular flexibility index (Phi) is 2.40. The SMILES string of the molecule is COC(=O)c1cc(I)cc2cn[nH]c12. The Bertz CT molecular complexity index is 493. The van der Waals surface area contributed by atoms with Gasteiger partial charge in [-0.25, -0.2) is 4.79 Å². The van der Waals surface area contributed by atoms with Crippen molar-refractivity contribution >= 4 is 39.5 Å². The van der Waals surface area contributed by atoms with Gasteiger partial charge in [-0.05, 0) is 34.7 Å². The summed E-state index contributed by atoms with van der Waals surface area (Å²) in [6, 6.07) is 3.72. The number of ether oxygens (including phenoxy) is 1. The van der Waals surface area contributed by atoms with Gasteiger partial charge in [-0.3, -0.25) is 5.10 Å². The molecule has 0 unspecified atom stereocenters. The van der Waals surface area contributed by atoms with E-state index in [2.05, 4.69) is 37.5 Å². The molecule has 1 aromatic heterocycles. The van der Waals surface area contributed by atoms with Crippen molar-refractivity contribution in [2.24, 2.45) is 0 Å². The predicted octanol–water partition coefficient (Wildman–Crippen LogP) is 1.95. The van der Waals surface area contributed by atoms with Gasteiger partial charge in [-0.2, -0.15) is 5.10 Å². The van der Waals surface area contributed by atoms with Crippen LogP contribution in [0.2, 0.25) is 0 Å². The molecule has 0 saturated carbocycles. The number of carbonyl (C=O) groups is 1. The number of H-pyrrole nitrogens is 1. The summed E-state index contributed by atoms with van der Waals surface area (Å²) in [6.45, 7) is 0. The van der Waals surface area contributed by atoms with Gasteiger partial charge < -0.3 is 4.74 Å². The Labute approximate surface area is 93.8 Å². The van der Waals surface area contributed by atoms with Gasteiger partial charge in [0.2, 0.25) is 0 Å². The van der Waals surface area contributed by atoms with E-state index in [1.807, 2.05) is 6.07 Å². The van der Waals surface area contributed by atoms with Crippen LogP contribution in [0.4, 0.5) is 0 Å². The van der Waals surface area contributed by atoms with Crippen molar-refractivity contribution in [2.75, 3.05) is 7.11 Å². The number of aromatic nitrogens is 2. The van der Waals surface area contributed by atoms with E-state index in [4.69, 9.17) is 0 Å². The summed E-state index contributed by atoms with van der Waals surface area (Å²) in [5, 5.41) is 7.57. The number of aromatic amines is 1. The quantitative estimate of drug-likeness (QED) is 0.647.